The van der Waals surface area contributed by atoms with Crippen molar-refractivity contribution in [2.45, 2.75) is 11.8 Å². The standard InChI is InChI=1S/C12H11FN4O2S/c1-3-20(18,19)10-6-4-9(5-7-10)16-12-15-8(2)14-11(13)17-12/h3-7H,1H2,2H3,(H,14,15,16,17). The van der Waals surface area contributed by atoms with Gasteiger partial charge in [-0.3, -0.25) is 0 Å². The van der Waals surface area contributed by atoms with Crippen LogP contribution in [0.25, 0.3) is 0 Å². The Balaban J connectivity index is 2.25. The smallest absolute Gasteiger partial charge is 0.313 e. The molecule has 0 bridgehead atoms. The maximum absolute atomic E-state index is 13.0. The summed E-state index contributed by atoms with van der Waals surface area (Å²) < 4.78 is 36.1. The quantitative estimate of drug-likeness (QED) is 0.928. The summed E-state index contributed by atoms with van der Waals surface area (Å²) in [5.41, 5.74) is 0.526. The number of rotatable bonds is 4. The molecular weight excluding hydrogens is 283 g/mol. The molecule has 0 amide bonds. The fraction of sp³-hybridized carbons (Fsp3) is 0.0833. The first kappa shape index (κ1) is 14.1. The van der Waals surface area contributed by atoms with E-state index >= 15 is 0 Å². The van der Waals surface area contributed by atoms with Crippen molar-refractivity contribution in [3.8, 4) is 0 Å². The Morgan fingerprint density at radius 1 is 1.20 bits per heavy atom. The first-order valence-corrected chi connectivity index (χ1v) is 7.08. The van der Waals surface area contributed by atoms with Crippen LogP contribution in [0, 0.1) is 13.0 Å². The Morgan fingerprint density at radius 2 is 1.85 bits per heavy atom. The van der Waals surface area contributed by atoms with Crippen LogP contribution >= 0.6 is 0 Å². The molecule has 0 spiro atoms. The van der Waals surface area contributed by atoms with Gasteiger partial charge < -0.3 is 5.32 Å². The lowest BCUT2D eigenvalue weighted by atomic mass is 10.3. The molecule has 1 aromatic carbocycles. The van der Waals surface area contributed by atoms with Crippen LogP contribution < -0.4 is 5.32 Å². The highest BCUT2D eigenvalue weighted by Crippen LogP contribution is 2.18. The topological polar surface area (TPSA) is 84.8 Å². The molecule has 2 rings (SSSR count). The minimum absolute atomic E-state index is 0.0503. The summed E-state index contributed by atoms with van der Waals surface area (Å²) in [6.45, 7) is 4.78. The van der Waals surface area contributed by atoms with Crippen LogP contribution in [0.1, 0.15) is 5.82 Å². The number of anilines is 2. The molecule has 2 aromatic rings. The van der Waals surface area contributed by atoms with Gasteiger partial charge in [-0.1, -0.05) is 6.58 Å². The Kier molecular flexibility index (Phi) is 3.75. The molecule has 0 unspecified atom stereocenters. The number of aromatic nitrogens is 3. The second-order valence-electron chi connectivity index (χ2n) is 3.84. The van der Waals surface area contributed by atoms with Crippen molar-refractivity contribution in [2.24, 2.45) is 0 Å². The van der Waals surface area contributed by atoms with Crippen molar-refractivity contribution in [1.82, 2.24) is 15.0 Å². The zero-order valence-electron chi connectivity index (χ0n) is 10.5. The highest BCUT2D eigenvalue weighted by molar-refractivity contribution is 7.94. The lowest BCUT2D eigenvalue weighted by Gasteiger charge is -2.06. The van der Waals surface area contributed by atoms with E-state index < -0.39 is 15.9 Å². The van der Waals surface area contributed by atoms with Gasteiger partial charge in [0.15, 0.2) is 9.84 Å². The second-order valence-corrected chi connectivity index (χ2v) is 5.73. The third-order valence-electron chi connectivity index (χ3n) is 2.38. The molecule has 0 atom stereocenters. The molecule has 0 aliphatic rings. The zero-order valence-corrected chi connectivity index (χ0v) is 11.4. The fourth-order valence-corrected chi connectivity index (χ4v) is 2.17. The molecule has 104 valence electrons. The summed E-state index contributed by atoms with van der Waals surface area (Å²) in [5, 5.41) is 3.63. The summed E-state index contributed by atoms with van der Waals surface area (Å²) in [5.74, 6) is 0.292. The molecule has 0 fully saturated rings. The van der Waals surface area contributed by atoms with Crippen molar-refractivity contribution < 1.29 is 12.8 Å². The van der Waals surface area contributed by atoms with Gasteiger partial charge in [0.1, 0.15) is 5.82 Å². The Bertz CT molecular complexity index is 724. The van der Waals surface area contributed by atoms with E-state index in [4.69, 9.17) is 0 Å². The maximum Gasteiger partial charge on any atom is 0.313 e. The van der Waals surface area contributed by atoms with Crippen molar-refractivity contribution in [3.05, 3.63) is 48.2 Å². The van der Waals surface area contributed by atoms with Crippen molar-refractivity contribution >= 4 is 21.5 Å². The monoisotopic (exact) mass is 294 g/mol. The minimum Gasteiger partial charge on any atom is -0.324 e. The predicted molar refractivity (Wildman–Crippen MR) is 71.6 cm³/mol. The zero-order chi connectivity index (χ0) is 14.8. The first-order chi connectivity index (χ1) is 9.40. The lowest BCUT2D eigenvalue weighted by molar-refractivity contribution is 0.529. The van der Waals surface area contributed by atoms with Gasteiger partial charge in [0, 0.05) is 11.1 Å². The van der Waals surface area contributed by atoms with Crippen molar-refractivity contribution in [3.63, 3.8) is 0 Å². The molecule has 20 heavy (non-hydrogen) atoms. The normalized spacial score (nSPS) is 11.1. The molecule has 1 N–H and O–H groups in total. The van der Waals surface area contributed by atoms with E-state index in [-0.39, 0.29) is 16.7 Å². The van der Waals surface area contributed by atoms with Crippen LogP contribution in [0.2, 0.25) is 0 Å². The van der Waals surface area contributed by atoms with Crippen LogP contribution in [0.15, 0.2) is 41.1 Å². The van der Waals surface area contributed by atoms with E-state index in [0.717, 1.165) is 5.41 Å². The van der Waals surface area contributed by atoms with Gasteiger partial charge in [0.2, 0.25) is 5.95 Å². The van der Waals surface area contributed by atoms with Crippen LogP contribution in [0.5, 0.6) is 0 Å². The number of nitrogens with zero attached hydrogens (tertiary/aromatic N) is 3. The maximum atomic E-state index is 13.0. The Hall–Kier alpha value is -2.35. The van der Waals surface area contributed by atoms with E-state index in [0.29, 0.717) is 5.69 Å². The van der Waals surface area contributed by atoms with Crippen molar-refractivity contribution in [1.29, 1.82) is 0 Å². The number of halogens is 1. The lowest BCUT2D eigenvalue weighted by Crippen LogP contribution is -2.03. The van der Waals surface area contributed by atoms with Gasteiger partial charge in [-0.2, -0.15) is 19.3 Å². The number of aryl methyl sites for hydroxylation is 1. The van der Waals surface area contributed by atoms with Crippen molar-refractivity contribution in [2.75, 3.05) is 5.32 Å². The second kappa shape index (κ2) is 5.33. The van der Waals surface area contributed by atoms with Gasteiger partial charge in [-0.05, 0) is 31.2 Å². The largest absolute Gasteiger partial charge is 0.324 e. The highest BCUT2D eigenvalue weighted by Gasteiger charge is 2.09. The number of hydrogen-bond donors (Lipinski definition) is 1. The first-order valence-electron chi connectivity index (χ1n) is 5.53. The summed E-state index contributed by atoms with van der Waals surface area (Å²) >= 11 is 0. The molecule has 0 aliphatic heterocycles. The Labute approximate surface area is 115 Å². The van der Waals surface area contributed by atoms with Crippen LogP contribution in [0.4, 0.5) is 16.0 Å². The fourth-order valence-electron chi connectivity index (χ4n) is 1.46. The molecule has 0 radical (unpaired) electrons. The van der Waals surface area contributed by atoms with E-state index in [1.807, 2.05) is 0 Å². The molecule has 1 aromatic heterocycles. The SMILES string of the molecule is C=CS(=O)(=O)c1ccc(Nc2nc(C)nc(F)n2)cc1. The molecular formula is C12H11FN4O2S. The minimum atomic E-state index is -3.47. The van der Waals surface area contributed by atoms with E-state index in [9.17, 15) is 12.8 Å². The Morgan fingerprint density at radius 3 is 2.40 bits per heavy atom. The molecule has 8 heteroatoms. The molecule has 0 aliphatic carbocycles. The third-order valence-corrected chi connectivity index (χ3v) is 3.75. The van der Waals surface area contributed by atoms with Gasteiger partial charge >= 0.3 is 6.08 Å². The average molecular weight is 294 g/mol. The summed E-state index contributed by atoms with van der Waals surface area (Å²) in [7, 11) is -3.47. The predicted octanol–water partition coefficient (Wildman–Crippen LogP) is 1.98. The summed E-state index contributed by atoms with van der Waals surface area (Å²) in [4.78, 5) is 10.9. The van der Waals surface area contributed by atoms with Gasteiger partial charge in [-0.25, -0.2) is 8.42 Å². The molecule has 1 heterocycles. The highest BCUT2D eigenvalue weighted by atomic mass is 32.2. The van der Waals surface area contributed by atoms with Crippen LogP contribution in [-0.4, -0.2) is 23.4 Å². The summed E-state index contributed by atoms with van der Waals surface area (Å²) in [6.07, 6.45) is -0.883. The molecule has 6 nitrogen and oxygen atoms in total. The van der Waals surface area contributed by atoms with Crippen LogP contribution in [-0.2, 0) is 9.84 Å². The number of benzene rings is 1. The molecule has 0 saturated carbocycles. The molecule has 0 saturated heterocycles. The van der Waals surface area contributed by atoms with Gasteiger partial charge in [0.25, 0.3) is 0 Å². The van der Waals surface area contributed by atoms with E-state index in [1.165, 1.54) is 31.2 Å². The van der Waals surface area contributed by atoms with Gasteiger partial charge in [-0.15, -0.1) is 0 Å². The van der Waals surface area contributed by atoms with E-state index in [1.54, 1.807) is 0 Å². The number of hydrogen-bond acceptors (Lipinski definition) is 6. The number of sulfone groups is 1. The third kappa shape index (κ3) is 3.15. The average Bonchev–Trinajstić information content (AvgIpc) is 2.38. The number of nitrogens with one attached hydrogen (secondary N) is 1. The van der Waals surface area contributed by atoms with Crippen LogP contribution in [0.3, 0.4) is 0 Å². The summed E-state index contributed by atoms with van der Waals surface area (Å²) in [6, 6.07) is 5.86. The van der Waals surface area contributed by atoms with E-state index in [2.05, 4.69) is 26.8 Å². The van der Waals surface area contributed by atoms with Gasteiger partial charge in [0.05, 0.1) is 4.90 Å².